The van der Waals surface area contributed by atoms with Crippen molar-refractivity contribution in [1.29, 1.82) is 0 Å². The van der Waals surface area contributed by atoms with Gasteiger partial charge >= 0.3 is 8.38 Å². The van der Waals surface area contributed by atoms with Crippen molar-refractivity contribution in [3.63, 3.8) is 0 Å². The molecule has 0 unspecified atom stereocenters. The Morgan fingerprint density at radius 2 is 1.03 bits per heavy atom. The summed E-state index contributed by atoms with van der Waals surface area (Å²) in [6, 6.07) is 38.3. The highest BCUT2D eigenvalue weighted by Gasteiger charge is 2.26. The van der Waals surface area contributed by atoms with E-state index in [9.17, 15) is 0 Å². The van der Waals surface area contributed by atoms with Crippen LogP contribution in [0.4, 0.5) is 0 Å². The second kappa shape index (κ2) is 8.44. The molecule has 0 aliphatic carbocycles. The lowest BCUT2D eigenvalue weighted by Gasteiger charge is -2.19. The van der Waals surface area contributed by atoms with Crippen molar-refractivity contribution in [1.82, 2.24) is 4.98 Å². The largest absolute Gasteiger partial charge is 0.434 e. The lowest BCUT2D eigenvalue weighted by molar-refractivity contribution is 0.501. The van der Waals surface area contributed by atoms with Gasteiger partial charge in [-0.1, -0.05) is 84.9 Å². The van der Waals surface area contributed by atoms with Crippen LogP contribution in [0.3, 0.4) is 0 Å². The minimum Gasteiger partial charge on any atom is -0.434 e. The number of fused-ring (bicyclic) bond motifs is 1. The second-order valence-electron chi connectivity index (χ2n) is 6.83. The van der Waals surface area contributed by atoms with Gasteiger partial charge in [0.25, 0.3) is 0 Å². The molecule has 1 aromatic heterocycles. The Morgan fingerprint density at radius 1 is 0.533 bits per heavy atom. The van der Waals surface area contributed by atoms with Crippen LogP contribution in [0.1, 0.15) is 0 Å². The van der Waals surface area contributed by atoms with Gasteiger partial charge in [-0.2, -0.15) is 0 Å². The zero-order valence-electron chi connectivity index (χ0n) is 16.2. The fourth-order valence-electron chi connectivity index (χ4n) is 3.43. The number of para-hydroxylation sites is 3. The molecule has 4 aromatic carbocycles. The molecule has 0 spiro atoms. The first-order valence-corrected chi connectivity index (χ1v) is 11.0. The first-order chi connectivity index (χ1) is 14.9. The van der Waals surface area contributed by atoms with Gasteiger partial charge < -0.3 is 14.0 Å². The van der Waals surface area contributed by atoms with E-state index < -0.39 is 8.38 Å². The average molecular weight is 409 g/mol. The smallest absolute Gasteiger partial charge is 0.344 e. The summed E-state index contributed by atoms with van der Waals surface area (Å²) < 4.78 is 12.8. The Bertz CT molecular complexity index is 1200. The average Bonchev–Trinajstić information content (AvgIpc) is 3.20. The molecule has 5 aromatic rings. The number of H-pyrrole nitrogens is 1. The molecule has 0 atom stereocenters. The van der Waals surface area contributed by atoms with Gasteiger partial charge in [-0.15, -0.1) is 0 Å². The number of rotatable bonds is 6. The van der Waals surface area contributed by atoms with Gasteiger partial charge in [-0.05, 0) is 35.9 Å². The van der Waals surface area contributed by atoms with Crippen LogP contribution in [-0.4, -0.2) is 4.98 Å². The van der Waals surface area contributed by atoms with Crippen LogP contribution < -0.4 is 14.5 Å². The minimum absolute atomic E-state index is 0.775. The summed E-state index contributed by atoms with van der Waals surface area (Å²) in [7, 11) is -1.46. The molecule has 5 rings (SSSR count). The summed E-state index contributed by atoms with van der Waals surface area (Å²) in [5.41, 5.74) is 4.26. The van der Waals surface area contributed by atoms with Crippen molar-refractivity contribution < 1.29 is 9.05 Å². The van der Waals surface area contributed by atoms with Crippen LogP contribution in [0.15, 0.2) is 115 Å². The van der Waals surface area contributed by atoms with Crippen molar-refractivity contribution in [3.8, 4) is 22.6 Å². The van der Waals surface area contributed by atoms with Gasteiger partial charge in [0, 0.05) is 16.5 Å². The molecule has 1 N–H and O–H groups in total. The molecule has 4 heteroatoms. The first kappa shape index (κ1) is 18.5. The van der Waals surface area contributed by atoms with E-state index in [0.29, 0.717) is 0 Å². The second-order valence-corrected chi connectivity index (χ2v) is 8.15. The Balaban J connectivity index is 1.66. The Kier molecular flexibility index (Phi) is 5.20. The molecule has 146 valence electrons. The van der Waals surface area contributed by atoms with Crippen LogP contribution in [0.25, 0.3) is 22.0 Å². The molecular weight excluding hydrogens is 389 g/mol. The van der Waals surface area contributed by atoms with Gasteiger partial charge in [-0.3, -0.25) is 0 Å². The normalized spacial score (nSPS) is 11.0. The Hall–Kier alpha value is -3.55. The molecule has 30 heavy (non-hydrogen) atoms. The predicted molar refractivity (Wildman–Crippen MR) is 124 cm³/mol. The molecule has 0 radical (unpaired) electrons. The highest BCUT2D eigenvalue weighted by Crippen LogP contribution is 2.44. The maximum absolute atomic E-state index is 6.41. The molecule has 0 fully saturated rings. The van der Waals surface area contributed by atoms with Gasteiger partial charge in [0.15, 0.2) is 0 Å². The molecule has 0 bridgehead atoms. The minimum atomic E-state index is -1.46. The number of nitrogens with one attached hydrogen (secondary N) is 1. The maximum atomic E-state index is 6.41. The van der Waals surface area contributed by atoms with Gasteiger partial charge in [0.2, 0.25) is 0 Å². The molecule has 1 heterocycles. The molecule has 0 aliphatic heterocycles. The third kappa shape index (κ3) is 3.80. The molecule has 0 saturated heterocycles. The fraction of sp³-hybridized carbons (Fsp3) is 0. The van der Waals surface area contributed by atoms with E-state index in [1.807, 2.05) is 72.8 Å². The van der Waals surface area contributed by atoms with E-state index in [0.717, 1.165) is 39.0 Å². The maximum Gasteiger partial charge on any atom is 0.344 e. The highest BCUT2D eigenvalue weighted by atomic mass is 31.2. The van der Waals surface area contributed by atoms with Crippen molar-refractivity contribution >= 4 is 24.7 Å². The monoisotopic (exact) mass is 409 g/mol. The molecule has 0 saturated carbocycles. The SMILES string of the molecule is c1ccc(OP(Oc2ccccc2)c2[nH]c3ccccc3c2-c2ccccc2)cc1. The van der Waals surface area contributed by atoms with Gasteiger partial charge in [0.05, 0.1) is 0 Å². The third-order valence-electron chi connectivity index (χ3n) is 4.79. The number of aromatic nitrogens is 1. The molecular formula is C26H20NO2P. The van der Waals surface area contributed by atoms with Crippen LogP contribution in [-0.2, 0) is 0 Å². The standard InChI is InChI=1S/C26H20NO2P/c1-4-12-20(13-5-1)25-23-18-10-11-19-24(23)27-26(25)30(28-21-14-6-2-7-15-21)29-22-16-8-3-9-17-22/h1-19,27H. The lowest BCUT2D eigenvalue weighted by atomic mass is 10.1. The first-order valence-electron chi connectivity index (χ1n) is 9.81. The summed E-state index contributed by atoms with van der Waals surface area (Å²) in [5, 5.41) is 1.15. The van der Waals surface area contributed by atoms with Crippen molar-refractivity contribution in [2.45, 2.75) is 0 Å². The number of hydrogen-bond donors (Lipinski definition) is 1. The molecule has 0 aliphatic rings. The summed E-state index contributed by atoms with van der Waals surface area (Å²) >= 11 is 0. The van der Waals surface area contributed by atoms with E-state index in [2.05, 4.69) is 47.4 Å². The van der Waals surface area contributed by atoms with Gasteiger partial charge in [-0.25, -0.2) is 0 Å². The van der Waals surface area contributed by atoms with E-state index in [4.69, 9.17) is 9.05 Å². The molecule has 3 nitrogen and oxygen atoms in total. The van der Waals surface area contributed by atoms with E-state index in [-0.39, 0.29) is 0 Å². The van der Waals surface area contributed by atoms with Crippen LogP contribution >= 0.6 is 8.38 Å². The summed E-state index contributed by atoms with van der Waals surface area (Å²) in [6.45, 7) is 0. The topological polar surface area (TPSA) is 34.2 Å². The van der Waals surface area contributed by atoms with Crippen molar-refractivity contribution in [2.75, 3.05) is 0 Å². The Morgan fingerprint density at radius 3 is 1.63 bits per heavy atom. The summed E-state index contributed by atoms with van der Waals surface area (Å²) in [6.07, 6.45) is 0. The van der Waals surface area contributed by atoms with Gasteiger partial charge in [0.1, 0.15) is 16.9 Å². The number of hydrogen-bond acceptors (Lipinski definition) is 2. The summed E-state index contributed by atoms with van der Waals surface area (Å²) in [4.78, 5) is 3.58. The van der Waals surface area contributed by atoms with Crippen LogP contribution in [0.5, 0.6) is 11.5 Å². The van der Waals surface area contributed by atoms with Crippen molar-refractivity contribution in [2.24, 2.45) is 0 Å². The zero-order chi connectivity index (χ0) is 20.2. The van der Waals surface area contributed by atoms with E-state index in [1.165, 1.54) is 0 Å². The number of aromatic amines is 1. The quantitative estimate of drug-likeness (QED) is 0.309. The summed E-state index contributed by atoms with van der Waals surface area (Å²) in [5.74, 6) is 1.55. The third-order valence-corrected chi connectivity index (χ3v) is 6.25. The zero-order valence-corrected chi connectivity index (χ0v) is 17.1. The van der Waals surface area contributed by atoms with Crippen molar-refractivity contribution in [3.05, 3.63) is 115 Å². The van der Waals surface area contributed by atoms with Crippen LogP contribution in [0.2, 0.25) is 0 Å². The molecule has 0 amide bonds. The number of benzene rings is 4. The lowest BCUT2D eigenvalue weighted by Crippen LogP contribution is -2.13. The highest BCUT2D eigenvalue weighted by molar-refractivity contribution is 7.57. The predicted octanol–water partition coefficient (Wildman–Crippen LogP) is 6.93. The van der Waals surface area contributed by atoms with E-state index in [1.54, 1.807) is 0 Å². The fourth-order valence-corrected chi connectivity index (χ4v) is 4.92. The Labute approximate surface area is 176 Å². The van der Waals surface area contributed by atoms with Crippen LogP contribution in [0, 0.1) is 0 Å². The van der Waals surface area contributed by atoms with E-state index >= 15 is 0 Å².